The molecule has 0 saturated heterocycles. The summed E-state index contributed by atoms with van der Waals surface area (Å²) in [7, 11) is 2.03. The summed E-state index contributed by atoms with van der Waals surface area (Å²) in [5.74, 6) is 0.839. The van der Waals surface area contributed by atoms with Crippen LogP contribution in [0.3, 0.4) is 0 Å². The van der Waals surface area contributed by atoms with E-state index in [1.54, 1.807) is 12.4 Å². The third-order valence-corrected chi connectivity index (χ3v) is 2.63. The molecule has 1 aromatic heterocycles. The lowest BCUT2D eigenvalue weighted by molar-refractivity contribution is 0.586. The van der Waals surface area contributed by atoms with E-state index in [0.29, 0.717) is 11.2 Å². The summed E-state index contributed by atoms with van der Waals surface area (Å²) >= 11 is 5.78. The molecule has 0 saturated carbocycles. The van der Waals surface area contributed by atoms with Gasteiger partial charge in [0.2, 0.25) is 0 Å². The van der Waals surface area contributed by atoms with Crippen molar-refractivity contribution in [3.63, 3.8) is 0 Å². The largest absolute Gasteiger partial charge is 0.355 e. The number of aromatic nitrogens is 2. The van der Waals surface area contributed by atoms with Crippen LogP contribution in [-0.4, -0.2) is 23.1 Å². The standard InChI is InChI=1S/C10H16ClN3/c1-4-8(5-2)14(3)10-7-12-6-9(11)13-10/h6-8H,4-5H2,1-3H3. The Morgan fingerprint density at radius 1 is 1.36 bits per heavy atom. The van der Waals surface area contributed by atoms with Crippen molar-refractivity contribution in [1.29, 1.82) is 0 Å². The second kappa shape index (κ2) is 5.15. The summed E-state index contributed by atoms with van der Waals surface area (Å²) < 4.78 is 0. The summed E-state index contributed by atoms with van der Waals surface area (Å²) in [6, 6.07) is 0.503. The smallest absolute Gasteiger partial charge is 0.149 e. The lowest BCUT2D eigenvalue weighted by atomic mass is 10.1. The third-order valence-electron chi connectivity index (χ3n) is 2.44. The van der Waals surface area contributed by atoms with Gasteiger partial charge in [-0.3, -0.25) is 4.98 Å². The van der Waals surface area contributed by atoms with Gasteiger partial charge in [-0.25, -0.2) is 4.98 Å². The first kappa shape index (κ1) is 11.2. The molecule has 0 bridgehead atoms. The normalized spacial score (nSPS) is 10.6. The maximum absolute atomic E-state index is 5.78. The minimum absolute atomic E-state index is 0.445. The Bertz CT molecular complexity index is 286. The van der Waals surface area contributed by atoms with Gasteiger partial charge in [-0.05, 0) is 12.8 Å². The van der Waals surface area contributed by atoms with Crippen molar-refractivity contribution in [3.8, 4) is 0 Å². The average Bonchev–Trinajstić information content (AvgIpc) is 2.19. The molecule has 0 aliphatic carbocycles. The van der Waals surface area contributed by atoms with E-state index in [1.165, 1.54) is 0 Å². The van der Waals surface area contributed by atoms with Crippen LogP contribution in [0.15, 0.2) is 12.4 Å². The topological polar surface area (TPSA) is 29.0 Å². The van der Waals surface area contributed by atoms with Crippen molar-refractivity contribution in [2.24, 2.45) is 0 Å². The van der Waals surface area contributed by atoms with Crippen LogP contribution in [0, 0.1) is 0 Å². The SMILES string of the molecule is CCC(CC)N(C)c1cncc(Cl)n1. The Balaban J connectivity index is 2.82. The predicted octanol–water partition coefficient (Wildman–Crippen LogP) is 2.75. The van der Waals surface area contributed by atoms with E-state index < -0.39 is 0 Å². The number of hydrogen-bond donors (Lipinski definition) is 0. The van der Waals surface area contributed by atoms with Gasteiger partial charge < -0.3 is 4.90 Å². The van der Waals surface area contributed by atoms with E-state index in [-0.39, 0.29) is 0 Å². The van der Waals surface area contributed by atoms with Gasteiger partial charge in [0.25, 0.3) is 0 Å². The molecule has 1 aromatic rings. The molecule has 0 atom stereocenters. The van der Waals surface area contributed by atoms with Gasteiger partial charge in [0.05, 0.1) is 12.4 Å². The zero-order valence-electron chi connectivity index (χ0n) is 8.87. The fourth-order valence-electron chi connectivity index (χ4n) is 1.53. The molecule has 14 heavy (non-hydrogen) atoms. The Hall–Kier alpha value is -0.830. The summed E-state index contributed by atoms with van der Waals surface area (Å²) in [5, 5.41) is 0.445. The van der Waals surface area contributed by atoms with Crippen LogP contribution in [-0.2, 0) is 0 Å². The van der Waals surface area contributed by atoms with Gasteiger partial charge in [0.15, 0.2) is 0 Å². The van der Waals surface area contributed by atoms with Gasteiger partial charge in [0.1, 0.15) is 11.0 Å². The molecule has 0 aliphatic heterocycles. The molecule has 0 aromatic carbocycles. The summed E-state index contributed by atoms with van der Waals surface area (Å²) in [5.41, 5.74) is 0. The molecule has 4 heteroatoms. The molecule has 0 spiro atoms. The lowest BCUT2D eigenvalue weighted by Gasteiger charge is -2.26. The van der Waals surface area contributed by atoms with Gasteiger partial charge in [-0.2, -0.15) is 0 Å². The highest BCUT2D eigenvalue weighted by molar-refractivity contribution is 6.29. The van der Waals surface area contributed by atoms with Crippen LogP contribution < -0.4 is 4.90 Å². The fourth-order valence-corrected chi connectivity index (χ4v) is 1.67. The molecular weight excluding hydrogens is 198 g/mol. The van der Waals surface area contributed by atoms with Crippen molar-refractivity contribution < 1.29 is 0 Å². The minimum Gasteiger partial charge on any atom is -0.355 e. The highest BCUT2D eigenvalue weighted by atomic mass is 35.5. The van der Waals surface area contributed by atoms with E-state index in [4.69, 9.17) is 11.6 Å². The van der Waals surface area contributed by atoms with Gasteiger partial charge in [0, 0.05) is 13.1 Å². The number of nitrogens with zero attached hydrogens (tertiary/aromatic N) is 3. The van der Waals surface area contributed by atoms with Crippen molar-refractivity contribution in [2.75, 3.05) is 11.9 Å². The molecule has 0 amide bonds. The molecule has 0 aliphatic rings. The van der Waals surface area contributed by atoms with E-state index in [1.807, 2.05) is 7.05 Å². The molecule has 1 heterocycles. The second-order valence-corrected chi connectivity index (χ2v) is 3.67. The van der Waals surface area contributed by atoms with E-state index in [2.05, 4.69) is 28.7 Å². The molecule has 0 unspecified atom stereocenters. The van der Waals surface area contributed by atoms with Crippen LogP contribution in [0.4, 0.5) is 5.82 Å². The van der Waals surface area contributed by atoms with Crippen molar-refractivity contribution in [1.82, 2.24) is 9.97 Å². The number of hydrogen-bond acceptors (Lipinski definition) is 3. The van der Waals surface area contributed by atoms with Crippen LogP contribution >= 0.6 is 11.6 Å². The second-order valence-electron chi connectivity index (χ2n) is 3.28. The summed E-state index contributed by atoms with van der Waals surface area (Å²) in [6.45, 7) is 4.34. The molecule has 0 radical (unpaired) electrons. The van der Waals surface area contributed by atoms with Crippen LogP contribution in [0.1, 0.15) is 26.7 Å². The molecular formula is C10H16ClN3. The van der Waals surface area contributed by atoms with Crippen molar-refractivity contribution >= 4 is 17.4 Å². The zero-order valence-corrected chi connectivity index (χ0v) is 9.62. The number of halogens is 1. The number of rotatable bonds is 4. The first-order chi connectivity index (χ1) is 6.69. The highest BCUT2D eigenvalue weighted by Gasteiger charge is 2.12. The zero-order chi connectivity index (χ0) is 10.6. The maximum atomic E-state index is 5.78. The first-order valence-electron chi connectivity index (χ1n) is 4.89. The third kappa shape index (κ3) is 2.58. The van der Waals surface area contributed by atoms with Crippen molar-refractivity contribution in [2.45, 2.75) is 32.7 Å². The Kier molecular flexibility index (Phi) is 4.14. The molecule has 1 rings (SSSR count). The fraction of sp³-hybridized carbons (Fsp3) is 0.600. The van der Waals surface area contributed by atoms with E-state index >= 15 is 0 Å². The molecule has 78 valence electrons. The van der Waals surface area contributed by atoms with Crippen LogP contribution in [0.2, 0.25) is 5.15 Å². The number of anilines is 1. The Morgan fingerprint density at radius 3 is 2.50 bits per heavy atom. The summed E-state index contributed by atoms with van der Waals surface area (Å²) in [6.07, 6.45) is 5.48. The van der Waals surface area contributed by atoms with E-state index in [0.717, 1.165) is 18.7 Å². The predicted molar refractivity (Wildman–Crippen MR) is 59.8 cm³/mol. The first-order valence-corrected chi connectivity index (χ1v) is 5.27. The molecule has 0 N–H and O–H groups in total. The van der Waals surface area contributed by atoms with Crippen LogP contribution in [0.5, 0.6) is 0 Å². The average molecular weight is 214 g/mol. The molecule has 3 nitrogen and oxygen atoms in total. The maximum Gasteiger partial charge on any atom is 0.149 e. The van der Waals surface area contributed by atoms with Gasteiger partial charge >= 0.3 is 0 Å². The van der Waals surface area contributed by atoms with E-state index in [9.17, 15) is 0 Å². The van der Waals surface area contributed by atoms with Gasteiger partial charge in [-0.1, -0.05) is 25.4 Å². The lowest BCUT2D eigenvalue weighted by Crippen LogP contribution is -2.31. The Morgan fingerprint density at radius 2 is 2.00 bits per heavy atom. The van der Waals surface area contributed by atoms with Crippen molar-refractivity contribution in [3.05, 3.63) is 17.5 Å². The monoisotopic (exact) mass is 213 g/mol. The minimum atomic E-state index is 0.445. The van der Waals surface area contributed by atoms with Crippen LogP contribution in [0.25, 0.3) is 0 Å². The molecule has 0 fully saturated rings. The highest BCUT2D eigenvalue weighted by Crippen LogP contribution is 2.16. The Labute approximate surface area is 90.1 Å². The van der Waals surface area contributed by atoms with Gasteiger partial charge in [-0.15, -0.1) is 0 Å². The summed E-state index contributed by atoms with van der Waals surface area (Å²) in [4.78, 5) is 10.4. The quantitative estimate of drug-likeness (QED) is 0.770.